The third kappa shape index (κ3) is 3.96. The number of alkyl halides is 3. The van der Waals surface area contributed by atoms with Gasteiger partial charge in [-0.15, -0.1) is 0 Å². The number of aliphatic hydroxyl groups is 1. The van der Waals surface area contributed by atoms with Crippen LogP contribution in [0.1, 0.15) is 51.4 Å². The van der Waals surface area contributed by atoms with Crippen LogP contribution in [0.5, 0.6) is 0 Å². The highest BCUT2D eigenvalue weighted by Crippen LogP contribution is 2.41. The predicted molar refractivity (Wildman–Crippen MR) is 71.6 cm³/mol. The predicted octanol–water partition coefficient (Wildman–Crippen LogP) is 3.13. The van der Waals surface area contributed by atoms with Gasteiger partial charge in [0.2, 0.25) is 0 Å². The van der Waals surface area contributed by atoms with Crippen molar-refractivity contribution in [2.45, 2.75) is 64.3 Å². The largest absolute Gasteiger partial charge is 0.392 e. The SMILES string of the molecule is CC(C)n1ncnc1CC(O)C1CCCC(C(F)(F)F)C1. The molecule has 3 atom stereocenters. The number of hydrogen-bond donors (Lipinski definition) is 1. The molecule has 0 amide bonds. The summed E-state index contributed by atoms with van der Waals surface area (Å²) in [5.74, 6) is -0.969. The molecule has 1 aromatic heterocycles. The molecule has 1 N–H and O–H groups in total. The van der Waals surface area contributed by atoms with E-state index in [0.717, 1.165) is 0 Å². The van der Waals surface area contributed by atoms with Gasteiger partial charge < -0.3 is 5.11 Å². The summed E-state index contributed by atoms with van der Waals surface area (Å²) in [7, 11) is 0. The molecule has 21 heavy (non-hydrogen) atoms. The highest BCUT2D eigenvalue weighted by atomic mass is 19.4. The maximum absolute atomic E-state index is 12.8. The summed E-state index contributed by atoms with van der Waals surface area (Å²) in [4.78, 5) is 4.11. The summed E-state index contributed by atoms with van der Waals surface area (Å²) in [6.07, 6.45) is -1.93. The lowest BCUT2D eigenvalue weighted by Gasteiger charge is -2.33. The number of rotatable bonds is 4. The molecule has 2 rings (SSSR count). The van der Waals surface area contributed by atoms with Gasteiger partial charge in [-0.25, -0.2) is 9.67 Å². The maximum Gasteiger partial charge on any atom is 0.391 e. The van der Waals surface area contributed by atoms with Crippen LogP contribution in [0.25, 0.3) is 0 Å². The third-order valence-corrected chi connectivity index (χ3v) is 4.25. The smallest absolute Gasteiger partial charge is 0.391 e. The Morgan fingerprint density at radius 1 is 1.38 bits per heavy atom. The monoisotopic (exact) mass is 305 g/mol. The lowest BCUT2D eigenvalue weighted by molar-refractivity contribution is -0.188. The van der Waals surface area contributed by atoms with Crippen molar-refractivity contribution in [1.29, 1.82) is 0 Å². The van der Waals surface area contributed by atoms with Gasteiger partial charge in [0, 0.05) is 12.5 Å². The zero-order valence-corrected chi connectivity index (χ0v) is 12.3. The quantitative estimate of drug-likeness (QED) is 0.930. The molecule has 7 heteroatoms. The molecule has 3 unspecified atom stereocenters. The van der Waals surface area contributed by atoms with Crippen molar-refractivity contribution < 1.29 is 18.3 Å². The molecule has 0 aromatic carbocycles. The van der Waals surface area contributed by atoms with E-state index in [1.54, 1.807) is 4.68 Å². The van der Waals surface area contributed by atoms with Crippen LogP contribution in [0, 0.1) is 11.8 Å². The fraction of sp³-hybridized carbons (Fsp3) is 0.857. The highest BCUT2D eigenvalue weighted by Gasteiger charge is 2.43. The molecular formula is C14H22F3N3O. The molecule has 0 aliphatic heterocycles. The number of nitrogens with zero attached hydrogens (tertiary/aromatic N) is 3. The minimum absolute atomic E-state index is 0.0144. The third-order valence-electron chi connectivity index (χ3n) is 4.25. The molecule has 0 bridgehead atoms. The summed E-state index contributed by atoms with van der Waals surface area (Å²) >= 11 is 0. The van der Waals surface area contributed by atoms with Crippen LogP contribution in [-0.2, 0) is 6.42 Å². The first kappa shape index (κ1) is 16.3. The molecule has 4 nitrogen and oxygen atoms in total. The van der Waals surface area contributed by atoms with Crippen LogP contribution in [0.2, 0.25) is 0 Å². The van der Waals surface area contributed by atoms with Crippen LogP contribution in [0.3, 0.4) is 0 Å². The molecular weight excluding hydrogens is 283 g/mol. The normalized spacial score (nSPS) is 25.3. The summed E-state index contributed by atoms with van der Waals surface area (Å²) in [6.45, 7) is 3.90. The van der Waals surface area contributed by atoms with Gasteiger partial charge in [-0.3, -0.25) is 0 Å². The molecule has 1 aliphatic carbocycles. The zero-order valence-electron chi connectivity index (χ0n) is 12.3. The molecule has 1 saturated carbocycles. The van der Waals surface area contributed by atoms with E-state index >= 15 is 0 Å². The van der Waals surface area contributed by atoms with E-state index in [4.69, 9.17) is 0 Å². The van der Waals surface area contributed by atoms with Crippen molar-refractivity contribution in [1.82, 2.24) is 14.8 Å². The van der Waals surface area contributed by atoms with Crippen molar-refractivity contribution in [3.05, 3.63) is 12.2 Å². The van der Waals surface area contributed by atoms with E-state index in [0.29, 0.717) is 18.7 Å². The summed E-state index contributed by atoms with van der Waals surface area (Å²) in [5.41, 5.74) is 0. The Labute approximate surface area is 122 Å². The van der Waals surface area contributed by atoms with Gasteiger partial charge in [0.05, 0.1) is 12.0 Å². The molecule has 0 radical (unpaired) electrons. The van der Waals surface area contributed by atoms with Crippen molar-refractivity contribution in [2.24, 2.45) is 11.8 Å². The van der Waals surface area contributed by atoms with E-state index in [1.807, 2.05) is 13.8 Å². The first-order chi connectivity index (χ1) is 9.79. The Kier molecular flexibility index (Phi) is 4.91. The van der Waals surface area contributed by atoms with Crippen LogP contribution in [-0.4, -0.2) is 32.2 Å². The first-order valence-electron chi connectivity index (χ1n) is 7.42. The number of aliphatic hydroxyl groups excluding tert-OH is 1. The Hall–Kier alpha value is -1.11. The molecule has 1 aromatic rings. The summed E-state index contributed by atoms with van der Waals surface area (Å²) in [6, 6.07) is 0.115. The Balaban J connectivity index is 1.99. The Morgan fingerprint density at radius 2 is 2.10 bits per heavy atom. The Morgan fingerprint density at radius 3 is 2.71 bits per heavy atom. The standard InChI is InChI=1S/C14H22F3N3O/c1-9(2)20-13(18-8-19-20)7-12(21)10-4-3-5-11(6-10)14(15,16)17/h8-12,21H,3-7H2,1-2H3. The second-order valence-electron chi connectivity index (χ2n) is 6.15. The van der Waals surface area contributed by atoms with Gasteiger partial charge in [-0.2, -0.15) is 18.3 Å². The molecule has 120 valence electrons. The van der Waals surface area contributed by atoms with E-state index in [2.05, 4.69) is 10.1 Å². The van der Waals surface area contributed by atoms with Crippen molar-refractivity contribution >= 4 is 0 Å². The van der Waals surface area contributed by atoms with E-state index in [9.17, 15) is 18.3 Å². The molecule has 0 spiro atoms. The minimum Gasteiger partial charge on any atom is -0.392 e. The van der Waals surface area contributed by atoms with E-state index in [1.165, 1.54) is 6.33 Å². The van der Waals surface area contributed by atoms with Crippen molar-refractivity contribution in [3.63, 3.8) is 0 Å². The minimum atomic E-state index is -4.16. The second-order valence-corrected chi connectivity index (χ2v) is 6.15. The fourth-order valence-electron chi connectivity index (χ4n) is 3.08. The van der Waals surface area contributed by atoms with Gasteiger partial charge in [0.25, 0.3) is 0 Å². The van der Waals surface area contributed by atoms with Gasteiger partial charge in [-0.05, 0) is 39.0 Å². The highest BCUT2D eigenvalue weighted by molar-refractivity contribution is 4.92. The first-order valence-corrected chi connectivity index (χ1v) is 7.42. The van der Waals surface area contributed by atoms with Crippen LogP contribution in [0.15, 0.2) is 6.33 Å². The maximum atomic E-state index is 12.8. The topological polar surface area (TPSA) is 50.9 Å². The number of hydrogen-bond acceptors (Lipinski definition) is 3. The molecule has 1 fully saturated rings. The van der Waals surface area contributed by atoms with Crippen molar-refractivity contribution in [2.75, 3.05) is 0 Å². The van der Waals surface area contributed by atoms with Crippen molar-refractivity contribution in [3.8, 4) is 0 Å². The summed E-state index contributed by atoms with van der Waals surface area (Å²) in [5, 5.41) is 14.4. The lowest BCUT2D eigenvalue weighted by atomic mass is 9.77. The number of halogens is 3. The van der Waals surface area contributed by atoms with Crippen LogP contribution >= 0.6 is 0 Å². The zero-order chi connectivity index (χ0) is 15.6. The van der Waals surface area contributed by atoms with Crippen LogP contribution in [0.4, 0.5) is 13.2 Å². The van der Waals surface area contributed by atoms with Gasteiger partial charge >= 0.3 is 6.18 Å². The molecule has 1 aliphatic rings. The lowest BCUT2D eigenvalue weighted by Crippen LogP contribution is -2.34. The van der Waals surface area contributed by atoms with Gasteiger partial charge in [0.1, 0.15) is 12.2 Å². The van der Waals surface area contributed by atoms with Gasteiger partial charge in [-0.1, -0.05) is 6.42 Å². The molecule has 1 heterocycles. The van der Waals surface area contributed by atoms with E-state index in [-0.39, 0.29) is 31.2 Å². The Bertz CT molecular complexity index is 459. The molecule has 0 saturated heterocycles. The summed E-state index contributed by atoms with van der Waals surface area (Å²) < 4.78 is 40.2. The average Bonchev–Trinajstić information content (AvgIpc) is 2.86. The van der Waals surface area contributed by atoms with Gasteiger partial charge in [0.15, 0.2) is 0 Å². The second kappa shape index (κ2) is 6.34. The van der Waals surface area contributed by atoms with Crippen LogP contribution < -0.4 is 0 Å². The van der Waals surface area contributed by atoms with E-state index < -0.39 is 18.2 Å². The average molecular weight is 305 g/mol. The fourth-order valence-corrected chi connectivity index (χ4v) is 3.08. The number of aromatic nitrogens is 3.